The number of ether oxygens (including phenoxy) is 1. The van der Waals surface area contributed by atoms with Crippen molar-refractivity contribution in [1.29, 1.82) is 0 Å². The van der Waals surface area contributed by atoms with Crippen LogP contribution in [-0.4, -0.2) is 34.1 Å². The number of quaternary nitrogens is 1. The van der Waals surface area contributed by atoms with E-state index in [1.807, 2.05) is 30.3 Å². The summed E-state index contributed by atoms with van der Waals surface area (Å²) in [7, 11) is 1.74. The number of nitrogens with one attached hydrogen (secondary N) is 1. The molecule has 120 valence electrons. The quantitative estimate of drug-likeness (QED) is 0.850. The van der Waals surface area contributed by atoms with Gasteiger partial charge >= 0.3 is 0 Å². The van der Waals surface area contributed by atoms with Crippen LogP contribution in [0.3, 0.4) is 0 Å². The lowest BCUT2D eigenvalue weighted by molar-refractivity contribution is -0.836. The van der Waals surface area contributed by atoms with Gasteiger partial charge in [0.25, 0.3) is 0 Å². The molecule has 0 bridgehead atoms. The Morgan fingerprint density at radius 3 is 2.00 bits per heavy atom. The highest BCUT2D eigenvalue weighted by Gasteiger charge is 2.09. The van der Waals surface area contributed by atoms with E-state index in [-0.39, 0.29) is 17.3 Å². The second-order valence-electron chi connectivity index (χ2n) is 5.18. The first-order valence-corrected chi connectivity index (χ1v) is 8.20. The smallest absolute Gasteiger partial charge is 0.137 e. The van der Waals surface area contributed by atoms with Crippen LogP contribution in [0.1, 0.15) is 5.56 Å². The number of benzene rings is 2. The van der Waals surface area contributed by atoms with E-state index in [1.54, 1.807) is 6.07 Å². The summed E-state index contributed by atoms with van der Waals surface area (Å²) >= 11 is 0. The molecule has 0 heterocycles. The van der Waals surface area contributed by atoms with Crippen LogP contribution in [-0.2, 0) is 16.7 Å². The number of hydrogen-bond acceptors (Lipinski definition) is 4. The van der Waals surface area contributed by atoms with Crippen molar-refractivity contribution in [2.24, 2.45) is 0 Å². The number of rotatable bonds is 4. The summed E-state index contributed by atoms with van der Waals surface area (Å²) in [5.74, 6) is 0.0800. The second kappa shape index (κ2) is 8.53. The van der Waals surface area contributed by atoms with Gasteiger partial charge in [-0.15, -0.1) is 0 Å². The van der Waals surface area contributed by atoms with Crippen LogP contribution in [0.25, 0.3) is 0 Å². The van der Waals surface area contributed by atoms with Crippen molar-refractivity contribution in [2.45, 2.75) is 11.5 Å². The van der Waals surface area contributed by atoms with E-state index in [4.69, 9.17) is 4.74 Å². The molecule has 2 rings (SSSR count). The molecule has 0 aliphatic carbocycles. The van der Waals surface area contributed by atoms with E-state index in [1.165, 1.54) is 23.1 Å². The third kappa shape index (κ3) is 6.71. The van der Waals surface area contributed by atoms with Crippen LogP contribution < -0.4 is 9.64 Å². The minimum atomic E-state index is -4.51. The maximum Gasteiger partial charge on any atom is 0.137 e. The van der Waals surface area contributed by atoms with Gasteiger partial charge < -0.3 is 14.2 Å². The van der Waals surface area contributed by atoms with Crippen LogP contribution in [0, 0.1) is 0 Å². The van der Waals surface area contributed by atoms with Gasteiger partial charge in [-0.1, -0.05) is 42.5 Å². The van der Waals surface area contributed by atoms with Crippen molar-refractivity contribution >= 4 is 10.1 Å². The zero-order chi connectivity index (χ0) is 16.6. The first-order chi connectivity index (χ1) is 10.3. The van der Waals surface area contributed by atoms with Gasteiger partial charge in [-0.05, 0) is 17.7 Å². The van der Waals surface area contributed by atoms with Gasteiger partial charge in [0.15, 0.2) is 0 Å². The van der Waals surface area contributed by atoms with Crippen molar-refractivity contribution in [3.8, 4) is 5.75 Å². The predicted octanol–water partition coefficient (Wildman–Crippen LogP) is 0.930. The highest BCUT2D eigenvalue weighted by molar-refractivity contribution is 7.85. The van der Waals surface area contributed by atoms with Crippen LogP contribution in [0.4, 0.5) is 0 Å². The zero-order valence-corrected chi connectivity index (χ0v) is 13.8. The van der Waals surface area contributed by atoms with E-state index in [0.717, 1.165) is 5.56 Å². The molecular formula is C16H21NO4S. The Kier molecular flexibility index (Phi) is 7.04. The molecule has 0 saturated carbocycles. The molecule has 0 unspecified atom stereocenters. The van der Waals surface area contributed by atoms with E-state index >= 15 is 0 Å². The van der Waals surface area contributed by atoms with Crippen molar-refractivity contribution < 1.29 is 22.6 Å². The van der Waals surface area contributed by atoms with Crippen LogP contribution in [0.5, 0.6) is 5.75 Å². The lowest BCUT2D eigenvalue weighted by atomic mass is 10.2. The third-order valence-electron chi connectivity index (χ3n) is 2.36. The van der Waals surface area contributed by atoms with Gasteiger partial charge in [-0.2, -0.15) is 0 Å². The van der Waals surface area contributed by atoms with E-state index in [0.29, 0.717) is 0 Å². The maximum atomic E-state index is 11.0. The number of hydrogen-bond donors (Lipinski definition) is 1. The first kappa shape index (κ1) is 18.2. The normalized spacial score (nSPS) is 10.8. The summed E-state index contributed by atoms with van der Waals surface area (Å²) in [6.45, 7) is 0.216. The first-order valence-electron chi connectivity index (χ1n) is 6.79. The molecule has 0 saturated heterocycles. The Morgan fingerprint density at radius 1 is 0.955 bits per heavy atom. The standard InChI is InChI=1S/C13H12O4S.C3H9N/c14-18(15,16)13-9-5-4-8-12(13)17-10-11-6-2-1-3-7-11;1-4(2)3/h1-9H,10H2,(H,14,15,16);1-3H3. The average Bonchev–Trinajstić information content (AvgIpc) is 2.45. The monoisotopic (exact) mass is 323 g/mol. The molecule has 1 N–H and O–H groups in total. The van der Waals surface area contributed by atoms with Gasteiger partial charge in [0.2, 0.25) is 0 Å². The van der Waals surface area contributed by atoms with Crippen molar-refractivity contribution in [1.82, 2.24) is 0 Å². The molecule has 0 spiro atoms. The Morgan fingerprint density at radius 2 is 1.45 bits per heavy atom. The molecule has 5 nitrogen and oxygen atoms in total. The minimum Gasteiger partial charge on any atom is -0.744 e. The lowest BCUT2D eigenvalue weighted by Crippen LogP contribution is -3.02. The Labute approximate surface area is 131 Å². The molecule has 0 aliphatic heterocycles. The molecule has 0 aromatic heterocycles. The summed E-state index contributed by atoms with van der Waals surface area (Å²) in [4.78, 5) is 1.08. The Hall–Kier alpha value is -1.89. The van der Waals surface area contributed by atoms with Gasteiger partial charge in [0.05, 0.1) is 26.0 Å². The summed E-state index contributed by atoms with van der Waals surface area (Å²) in [6, 6.07) is 15.1. The minimum absolute atomic E-state index is 0.0800. The van der Waals surface area contributed by atoms with E-state index in [2.05, 4.69) is 21.1 Å². The zero-order valence-electron chi connectivity index (χ0n) is 12.9. The summed E-state index contributed by atoms with van der Waals surface area (Å²) in [5, 5.41) is 0. The highest BCUT2D eigenvalue weighted by atomic mass is 32.2. The van der Waals surface area contributed by atoms with E-state index in [9.17, 15) is 13.0 Å². The highest BCUT2D eigenvalue weighted by Crippen LogP contribution is 2.23. The Balaban J connectivity index is 0.000000541. The molecule has 2 aromatic carbocycles. The molecule has 6 heteroatoms. The van der Waals surface area contributed by atoms with Crippen LogP contribution in [0.2, 0.25) is 0 Å². The van der Waals surface area contributed by atoms with Gasteiger partial charge in [-0.3, -0.25) is 0 Å². The molecular weight excluding hydrogens is 302 g/mol. The van der Waals surface area contributed by atoms with Gasteiger partial charge in [0.1, 0.15) is 22.5 Å². The van der Waals surface area contributed by atoms with Crippen LogP contribution >= 0.6 is 0 Å². The summed E-state index contributed by atoms with van der Waals surface area (Å²) < 4.78 is 38.5. The average molecular weight is 323 g/mol. The maximum absolute atomic E-state index is 11.0. The van der Waals surface area contributed by atoms with Crippen molar-refractivity contribution in [3.05, 3.63) is 60.2 Å². The largest absolute Gasteiger partial charge is 0.744 e. The lowest BCUT2D eigenvalue weighted by Gasteiger charge is -2.13. The molecule has 0 radical (unpaired) electrons. The fourth-order valence-electron chi connectivity index (χ4n) is 1.51. The van der Waals surface area contributed by atoms with Crippen LogP contribution in [0.15, 0.2) is 59.5 Å². The molecule has 0 aliphatic rings. The molecule has 22 heavy (non-hydrogen) atoms. The SMILES string of the molecule is C[NH+](C)C.O=S(=O)([O-])c1ccccc1OCc1ccccc1. The third-order valence-corrected chi connectivity index (χ3v) is 3.23. The fourth-order valence-corrected chi connectivity index (χ4v) is 2.13. The molecule has 2 aromatic rings. The van der Waals surface area contributed by atoms with Crippen molar-refractivity contribution in [3.63, 3.8) is 0 Å². The summed E-state index contributed by atoms with van der Waals surface area (Å²) in [5.41, 5.74) is 0.899. The molecule has 0 amide bonds. The van der Waals surface area contributed by atoms with Crippen molar-refractivity contribution in [2.75, 3.05) is 21.1 Å². The Bertz CT molecular complexity index is 667. The fraction of sp³-hybridized carbons (Fsp3) is 0.250. The second-order valence-corrected chi connectivity index (χ2v) is 6.52. The van der Waals surface area contributed by atoms with Gasteiger partial charge in [-0.25, -0.2) is 8.42 Å². The molecule has 0 atom stereocenters. The predicted molar refractivity (Wildman–Crippen MR) is 83.9 cm³/mol. The van der Waals surface area contributed by atoms with Gasteiger partial charge in [0, 0.05) is 0 Å². The number of para-hydroxylation sites is 1. The molecule has 0 fully saturated rings. The van der Waals surface area contributed by atoms with E-state index < -0.39 is 10.1 Å². The topological polar surface area (TPSA) is 70.9 Å². The summed E-state index contributed by atoms with van der Waals surface area (Å²) in [6.07, 6.45) is 0.